The summed E-state index contributed by atoms with van der Waals surface area (Å²) in [5, 5.41) is 9.10. The maximum Gasteiger partial charge on any atom is 0.335 e. The lowest BCUT2D eigenvalue weighted by Gasteiger charge is -2.35. The lowest BCUT2D eigenvalue weighted by molar-refractivity contribution is 0.0696. The van der Waals surface area contributed by atoms with Crippen molar-refractivity contribution >= 4 is 11.9 Å². The van der Waals surface area contributed by atoms with E-state index < -0.39 is 5.97 Å². The van der Waals surface area contributed by atoms with Crippen LogP contribution in [0.4, 0.5) is 0 Å². The fourth-order valence-electron chi connectivity index (χ4n) is 3.58. The van der Waals surface area contributed by atoms with Crippen LogP contribution in [-0.2, 0) is 12.0 Å². The molecule has 23 heavy (non-hydrogen) atoms. The molecule has 116 valence electrons. The van der Waals surface area contributed by atoms with Gasteiger partial charge in [-0.2, -0.15) is 0 Å². The number of carboxylic acids is 1. The molecule has 1 spiro atoms. The molecule has 4 nitrogen and oxygen atoms in total. The molecule has 1 heterocycles. The third-order valence-electron chi connectivity index (χ3n) is 4.94. The molecule has 0 radical (unpaired) electrons. The third kappa shape index (κ3) is 2.31. The number of carboxylic acid groups (broad SMARTS) is 1. The van der Waals surface area contributed by atoms with E-state index in [-0.39, 0.29) is 16.9 Å². The molecule has 1 amide bonds. The van der Waals surface area contributed by atoms with Crippen LogP contribution in [0.1, 0.15) is 44.7 Å². The molecule has 1 saturated carbocycles. The summed E-state index contributed by atoms with van der Waals surface area (Å²) in [6.45, 7) is 1.31. The molecule has 0 unspecified atom stereocenters. The minimum atomic E-state index is -1.01. The SMILES string of the molecule is O=C(O)c1cccc(C(=O)N2Cc3ccccc3C3(CC3)C2)c1. The molecule has 1 fully saturated rings. The number of nitrogens with zero attached hydrogens (tertiary/aromatic N) is 1. The van der Waals surface area contributed by atoms with Gasteiger partial charge in [-0.3, -0.25) is 4.79 Å². The van der Waals surface area contributed by atoms with Crippen molar-refractivity contribution in [3.8, 4) is 0 Å². The molecule has 4 heteroatoms. The Bertz CT molecular complexity index is 808. The minimum Gasteiger partial charge on any atom is -0.478 e. The highest BCUT2D eigenvalue weighted by atomic mass is 16.4. The van der Waals surface area contributed by atoms with Crippen molar-refractivity contribution in [3.05, 3.63) is 70.8 Å². The Morgan fingerprint density at radius 1 is 1.00 bits per heavy atom. The van der Waals surface area contributed by atoms with Crippen LogP contribution in [0.25, 0.3) is 0 Å². The van der Waals surface area contributed by atoms with Gasteiger partial charge in [0.25, 0.3) is 5.91 Å². The maximum atomic E-state index is 12.8. The van der Waals surface area contributed by atoms with Gasteiger partial charge >= 0.3 is 5.97 Å². The average molecular weight is 307 g/mol. The Kier molecular flexibility index (Phi) is 3.01. The van der Waals surface area contributed by atoms with Crippen molar-refractivity contribution in [1.82, 2.24) is 4.90 Å². The van der Waals surface area contributed by atoms with Crippen molar-refractivity contribution in [2.24, 2.45) is 0 Å². The number of hydrogen-bond acceptors (Lipinski definition) is 2. The molecule has 4 rings (SSSR count). The fraction of sp³-hybridized carbons (Fsp3) is 0.263. The number of rotatable bonds is 2. The predicted octanol–water partition coefficient (Wildman–Crippen LogP) is 3.07. The molecular formula is C19H17NO3. The van der Waals surface area contributed by atoms with E-state index in [0.29, 0.717) is 12.1 Å². The Labute approximate surface area is 134 Å². The molecule has 2 aliphatic rings. The quantitative estimate of drug-likeness (QED) is 0.927. The predicted molar refractivity (Wildman–Crippen MR) is 85.5 cm³/mol. The van der Waals surface area contributed by atoms with E-state index in [9.17, 15) is 9.59 Å². The van der Waals surface area contributed by atoms with Gasteiger partial charge in [0.1, 0.15) is 0 Å². The Hall–Kier alpha value is -2.62. The third-order valence-corrected chi connectivity index (χ3v) is 4.94. The first-order chi connectivity index (χ1) is 11.1. The summed E-state index contributed by atoms with van der Waals surface area (Å²) in [5.41, 5.74) is 3.30. The minimum absolute atomic E-state index is 0.0890. The normalized spacial score (nSPS) is 17.7. The molecule has 1 aliphatic carbocycles. The number of amides is 1. The van der Waals surface area contributed by atoms with E-state index in [4.69, 9.17) is 5.11 Å². The first kappa shape index (κ1) is 14.0. The molecule has 1 N–H and O–H groups in total. The zero-order chi connectivity index (χ0) is 16.0. The Morgan fingerprint density at radius 2 is 1.74 bits per heavy atom. The number of carbonyl (C=O) groups excluding carboxylic acids is 1. The number of aromatic carboxylic acids is 1. The summed E-state index contributed by atoms with van der Waals surface area (Å²) < 4.78 is 0. The van der Waals surface area contributed by atoms with Crippen LogP contribution in [0.15, 0.2) is 48.5 Å². The van der Waals surface area contributed by atoms with Crippen LogP contribution in [0, 0.1) is 0 Å². The Morgan fingerprint density at radius 3 is 2.48 bits per heavy atom. The van der Waals surface area contributed by atoms with Crippen molar-refractivity contribution in [2.75, 3.05) is 6.54 Å². The Balaban J connectivity index is 1.66. The highest BCUT2D eigenvalue weighted by Gasteiger charge is 2.49. The molecule has 1 aliphatic heterocycles. The smallest absolute Gasteiger partial charge is 0.335 e. The topological polar surface area (TPSA) is 57.6 Å². The molecular weight excluding hydrogens is 290 g/mol. The second kappa shape index (κ2) is 4.95. The molecule has 0 bridgehead atoms. The van der Waals surface area contributed by atoms with E-state index >= 15 is 0 Å². The van der Waals surface area contributed by atoms with E-state index in [1.54, 1.807) is 12.1 Å². The van der Waals surface area contributed by atoms with Gasteiger partial charge in [0.05, 0.1) is 5.56 Å². The van der Waals surface area contributed by atoms with Gasteiger partial charge in [0.15, 0.2) is 0 Å². The maximum absolute atomic E-state index is 12.8. The fourth-order valence-corrected chi connectivity index (χ4v) is 3.58. The van der Waals surface area contributed by atoms with Crippen molar-refractivity contribution in [1.29, 1.82) is 0 Å². The zero-order valence-electron chi connectivity index (χ0n) is 12.7. The lowest BCUT2D eigenvalue weighted by Crippen LogP contribution is -2.41. The van der Waals surface area contributed by atoms with Crippen LogP contribution in [0.5, 0.6) is 0 Å². The zero-order valence-corrected chi connectivity index (χ0v) is 12.7. The van der Waals surface area contributed by atoms with Crippen LogP contribution in [0.2, 0.25) is 0 Å². The van der Waals surface area contributed by atoms with Crippen molar-refractivity contribution in [3.63, 3.8) is 0 Å². The van der Waals surface area contributed by atoms with Crippen LogP contribution < -0.4 is 0 Å². The van der Waals surface area contributed by atoms with Gasteiger partial charge in [-0.15, -0.1) is 0 Å². The summed E-state index contributed by atoms with van der Waals surface area (Å²) in [7, 11) is 0. The second-order valence-corrected chi connectivity index (χ2v) is 6.48. The number of fused-ring (bicyclic) bond motifs is 2. The summed E-state index contributed by atoms with van der Waals surface area (Å²) in [4.78, 5) is 25.8. The lowest BCUT2D eigenvalue weighted by atomic mass is 9.86. The summed E-state index contributed by atoms with van der Waals surface area (Å²) in [5.74, 6) is -1.10. The summed E-state index contributed by atoms with van der Waals surface area (Å²) in [6.07, 6.45) is 2.23. The first-order valence-corrected chi connectivity index (χ1v) is 7.80. The van der Waals surface area contributed by atoms with Gasteiger partial charge in [0, 0.05) is 24.1 Å². The van der Waals surface area contributed by atoms with E-state index in [1.165, 1.54) is 23.3 Å². The monoisotopic (exact) mass is 307 g/mol. The first-order valence-electron chi connectivity index (χ1n) is 7.80. The standard InChI is InChI=1S/C19H17NO3/c21-17(13-5-3-6-14(10-13)18(22)23)20-11-15-4-1-2-7-16(15)19(12-20)8-9-19/h1-7,10H,8-9,11-12H2,(H,22,23). The van der Waals surface area contributed by atoms with E-state index in [2.05, 4.69) is 18.2 Å². The van der Waals surface area contributed by atoms with Crippen molar-refractivity contribution < 1.29 is 14.7 Å². The van der Waals surface area contributed by atoms with Gasteiger partial charge in [-0.1, -0.05) is 30.3 Å². The van der Waals surface area contributed by atoms with Gasteiger partial charge in [-0.25, -0.2) is 4.79 Å². The molecule has 2 aromatic carbocycles. The highest BCUT2D eigenvalue weighted by Crippen LogP contribution is 2.52. The molecule has 0 saturated heterocycles. The van der Waals surface area contributed by atoms with Crippen LogP contribution >= 0.6 is 0 Å². The molecule has 2 aromatic rings. The summed E-state index contributed by atoms with van der Waals surface area (Å²) in [6, 6.07) is 14.6. The largest absolute Gasteiger partial charge is 0.478 e. The number of carbonyl (C=O) groups is 2. The highest BCUT2D eigenvalue weighted by molar-refractivity contribution is 5.97. The average Bonchev–Trinajstić information content (AvgIpc) is 3.34. The molecule has 0 atom stereocenters. The number of hydrogen-bond donors (Lipinski definition) is 1. The number of benzene rings is 2. The molecule has 0 aromatic heterocycles. The second-order valence-electron chi connectivity index (χ2n) is 6.48. The van der Waals surface area contributed by atoms with Gasteiger partial charge in [-0.05, 0) is 42.2 Å². The van der Waals surface area contributed by atoms with E-state index in [0.717, 1.165) is 19.4 Å². The van der Waals surface area contributed by atoms with Gasteiger partial charge < -0.3 is 10.0 Å². The summed E-state index contributed by atoms with van der Waals surface area (Å²) >= 11 is 0. The van der Waals surface area contributed by atoms with Crippen LogP contribution in [-0.4, -0.2) is 28.4 Å². The van der Waals surface area contributed by atoms with Crippen molar-refractivity contribution in [2.45, 2.75) is 24.8 Å². The van der Waals surface area contributed by atoms with Crippen LogP contribution in [0.3, 0.4) is 0 Å². The van der Waals surface area contributed by atoms with E-state index in [1.807, 2.05) is 11.0 Å². The van der Waals surface area contributed by atoms with Gasteiger partial charge in [0.2, 0.25) is 0 Å².